The summed E-state index contributed by atoms with van der Waals surface area (Å²) in [7, 11) is -3.16. The number of nitrogens with two attached hydrogens (primary N) is 1. The number of piperazine rings is 1. The normalized spacial score (nSPS) is 24.4. The summed E-state index contributed by atoms with van der Waals surface area (Å²) in [5.74, 6) is 0.432. The molecule has 1 heterocycles. The van der Waals surface area contributed by atoms with Crippen LogP contribution in [0.1, 0.15) is 33.1 Å². The van der Waals surface area contributed by atoms with Crippen LogP contribution in [0.2, 0.25) is 0 Å². The van der Waals surface area contributed by atoms with Crippen LogP contribution in [-0.4, -0.2) is 61.0 Å². The fourth-order valence-corrected chi connectivity index (χ4v) is 4.25. The lowest BCUT2D eigenvalue weighted by atomic mass is 9.95. The van der Waals surface area contributed by atoms with E-state index in [4.69, 9.17) is 5.73 Å². The van der Waals surface area contributed by atoms with Crippen molar-refractivity contribution < 1.29 is 13.2 Å². The molecule has 2 rings (SSSR count). The Balaban J connectivity index is 1.93. The zero-order chi connectivity index (χ0) is 15.0. The summed E-state index contributed by atoms with van der Waals surface area (Å²) in [4.78, 5) is 14.1. The third-order valence-electron chi connectivity index (χ3n) is 4.27. The van der Waals surface area contributed by atoms with Gasteiger partial charge in [-0.15, -0.1) is 0 Å². The van der Waals surface area contributed by atoms with Crippen LogP contribution in [-0.2, 0) is 14.8 Å². The molecule has 116 valence electrons. The van der Waals surface area contributed by atoms with Crippen LogP contribution >= 0.6 is 0 Å². The molecule has 1 unspecified atom stereocenters. The molecule has 20 heavy (non-hydrogen) atoms. The smallest absolute Gasteiger partial charge is 0.242 e. The first-order valence-corrected chi connectivity index (χ1v) is 8.96. The van der Waals surface area contributed by atoms with Crippen LogP contribution < -0.4 is 5.73 Å². The molecule has 1 saturated carbocycles. The summed E-state index contributed by atoms with van der Waals surface area (Å²) in [5, 5.41) is 0. The SMILES string of the molecule is CCCS(=O)(=O)N1CCN(C(=O)C(C)(N)C2CC2)CC1. The van der Waals surface area contributed by atoms with E-state index in [2.05, 4.69) is 0 Å². The van der Waals surface area contributed by atoms with Crippen LogP contribution in [0.15, 0.2) is 0 Å². The highest BCUT2D eigenvalue weighted by Gasteiger charge is 2.46. The van der Waals surface area contributed by atoms with Gasteiger partial charge in [0, 0.05) is 26.2 Å². The summed E-state index contributed by atoms with van der Waals surface area (Å²) in [6.45, 7) is 5.31. The minimum absolute atomic E-state index is 0.0347. The van der Waals surface area contributed by atoms with Crippen molar-refractivity contribution in [1.82, 2.24) is 9.21 Å². The van der Waals surface area contributed by atoms with E-state index in [1.807, 2.05) is 6.92 Å². The maximum absolute atomic E-state index is 12.4. The van der Waals surface area contributed by atoms with Crippen molar-refractivity contribution >= 4 is 15.9 Å². The lowest BCUT2D eigenvalue weighted by Gasteiger charge is -2.38. The van der Waals surface area contributed by atoms with Gasteiger partial charge in [0.15, 0.2) is 0 Å². The predicted octanol–water partition coefficient (Wildman–Crippen LogP) is -0.00220. The lowest BCUT2D eigenvalue weighted by Crippen LogP contribution is -2.59. The number of sulfonamides is 1. The monoisotopic (exact) mass is 303 g/mol. The zero-order valence-corrected chi connectivity index (χ0v) is 13.2. The number of carbonyl (C=O) groups is 1. The molecule has 0 aromatic rings. The van der Waals surface area contributed by atoms with Crippen molar-refractivity contribution in [1.29, 1.82) is 0 Å². The van der Waals surface area contributed by atoms with Crippen molar-refractivity contribution in [2.45, 2.75) is 38.6 Å². The third-order valence-corrected chi connectivity index (χ3v) is 6.34. The van der Waals surface area contributed by atoms with Gasteiger partial charge in [-0.25, -0.2) is 8.42 Å². The number of rotatable bonds is 5. The van der Waals surface area contributed by atoms with Gasteiger partial charge < -0.3 is 10.6 Å². The molecule has 1 aliphatic carbocycles. The van der Waals surface area contributed by atoms with Crippen LogP contribution in [0.25, 0.3) is 0 Å². The highest BCUT2D eigenvalue weighted by atomic mass is 32.2. The second-order valence-corrected chi connectivity index (χ2v) is 8.15. The molecule has 0 spiro atoms. The van der Waals surface area contributed by atoms with Gasteiger partial charge in [-0.2, -0.15) is 4.31 Å². The van der Waals surface area contributed by atoms with E-state index in [0.717, 1.165) is 12.8 Å². The number of amides is 1. The molecule has 6 nitrogen and oxygen atoms in total. The minimum atomic E-state index is -3.16. The van der Waals surface area contributed by atoms with Crippen LogP contribution in [0, 0.1) is 5.92 Å². The summed E-state index contributed by atoms with van der Waals surface area (Å²) in [6.07, 6.45) is 2.65. The summed E-state index contributed by atoms with van der Waals surface area (Å²) < 4.78 is 25.4. The maximum Gasteiger partial charge on any atom is 0.242 e. The molecular formula is C13H25N3O3S. The molecule has 7 heteroatoms. The molecule has 2 fully saturated rings. The van der Waals surface area contributed by atoms with E-state index in [9.17, 15) is 13.2 Å². The van der Waals surface area contributed by atoms with Gasteiger partial charge in [-0.1, -0.05) is 6.92 Å². The van der Waals surface area contributed by atoms with Gasteiger partial charge in [0.05, 0.1) is 11.3 Å². The van der Waals surface area contributed by atoms with Gasteiger partial charge in [-0.05, 0) is 32.1 Å². The van der Waals surface area contributed by atoms with E-state index in [-0.39, 0.29) is 17.6 Å². The summed E-state index contributed by atoms with van der Waals surface area (Å²) in [6, 6.07) is 0. The lowest BCUT2D eigenvalue weighted by molar-refractivity contribution is -0.138. The Morgan fingerprint density at radius 3 is 2.25 bits per heavy atom. The molecular weight excluding hydrogens is 278 g/mol. The van der Waals surface area contributed by atoms with E-state index in [1.54, 1.807) is 11.8 Å². The number of hydrogen-bond donors (Lipinski definition) is 1. The van der Waals surface area contributed by atoms with Gasteiger partial charge in [-0.3, -0.25) is 4.79 Å². The average molecular weight is 303 g/mol. The molecule has 0 aromatic heterocycles. The summed E-state index contributed by atoms with van der Waals surface area (Å²) in [5.41, 5.74) is 5.35. The first-order chi connectivity index (χ1) is 9.29. The Labute approximate surface area is 121 Å². The second kappa shape index (κ2) is 5.61. The molecule has 1 aliphatic heterocycles. The largest absolute Gasteiger partial charge is 0.338 e. The molecule has 1 saturated heterocycles. The molecule has 1 amide bonds. The molecule has 0 radical (unpaired) electrons. The van der Waals surface area contributed by atoms with Crippen molar-refractivity contribution in [3.8, 4) is 0 Å². The molecule has 0 bridgehead atoms. The quantitative estimate of drug-likeness (QED) is 0.775. The predicted molar refractivity (Wildman–Crippen MR) is 77.5 cm³/mol. The molecule has 0 aromatic carbocycles. The van der Waals surface area contributed by atoms with Crippen LogP contribution in [0.5, 0.6) is 0 Å². The standard InChI is InChI=1S/C13H25N3O3S/c1-3-10-20(18,19)16-8-6-15(7-9-16)12(17)13(2,14)11-4-5-11/h11H,3-10,14H2,1-2H3. The van der Waals surface area contributed by atoms with Gasteiger partial charge in [0.2, 0.25) is 15.9 Å². The Hall–Kier alpha value is -0.660. The Bertz CT molecular complexity index is 463. The van der Waals surface area contributed by atoms with Crippen LogP contribution in [0.3, 0.4) is 0 Å². The van der Waals surface area contributed by atoms with E-state index < -0.39 is 15.6 Å². The van der Waals surface area contributed by atoms with E-state index >= 15 is 0 Å². The fourth-order valence-electron chi connectivity index (χ4n) is 2.75. The Morgan fingerprint density at radius 2 is 1.80 bits per heavy atom. The van der Waals surface area contributed by atoms with E-state index in [0.29, 0.717) is 32.6 Å². The Morgan fingerprint density at radius 1 is 1.25 bits per heavy atom. The highest BCUT2D eigenvalue weighted by Crippen LogP contribution is 2.39. The minimum Gasteiger partial charge on any atom is -0.338 e. The van der Waals surface area contributed by atoms with Gasteiger partial charge in [0.1, 0.15) is 0 Å². The molecule has 2 N–H and O–H groups in total. The fraction of sp³-hybridized carbons (Fsp3) is 0.923. The van der Waals surface area contributed by atoms with Crippen molar-refractivity contribution in [2.75, 3.05) is 31.9 Å². The highest BCUT2D eigenvalue weighted by molar-refractivity contribution is 7.89. The van der Waals surface area contributed by atoms with Gasteiger partial charge in [0.25, 0.3) is 0 Å². The van der Waals surface area contributed by atoms with Crippen molar-refractivity contribution in [3.05, 3.63) is 0 Å². The number of hydrogen-bond acceptors (Lipinski definition) is 4. The molecule has 2 aliphatic rings. The first kappa shape index (κ1) is 15.7. The Kier molecular flexibility index (Phi) is 4.41. The van der Waals surface area contributed by atoms with Crippen molar-refractivity contribution in [3.63, 3.8) is 0 Å². The topological polar surface area (TPSA) is 83.7 Å². The van der Waals surface area contributed by atoms with Gasteiger partial charge >= 0.3 is 0 Å². The third kappa shape index (κ3) is 3.15. The van der Waals surface area contributed by atoms with Crippen molar-refractivity contribution in [2.24, 2.45) is 11.7 Å². The molecule has 1 atom stereocenters. The number of nitrogens with zero attached hydrogens (tertiary/aromatic N) is 2. The summed E-state index contributed by atoms with van der Waals surface area (Å²) >= 11 is 0. The average Bonchev–Trinajstić information content (AvgIpc) is 3.22. The van der Waals surface area contributed by atoms with E-state index in [1.165, 1.54) is 4.31 Å². The first-order valence-electron chi connectivity index (χ1n) is 7.35. The second-order valence-electron chi connectivity index (χ2n) is 6.06. The van der Waals surface area contributed by atoms with Crippen LogP contribution in [0.4, 0.5) is 0 Å². The maximum atomic E-state index is 12.4. The zero-order valence-electron chi connectivity index (χ0n) is 12.3. The number of carbonyl (C=O) groups excluding carboxylic acids is 1.